The van der Waals surface area contributed by atoms with Crippen molar-refractivity contribution in [3.05, 3.63) is 0 Å². The molecule has 1 unspecified atom stereocenters. The van der Waals surface area contributed by atoms with E-state index in [1.54, 1.807) is 6.92 Å². The van der Waals surface area contributed by atoms with Crippen LogP contribution in [0.25, 0.3) is 0 Å². The zero-order valence-electron chi connectivity index (χ0n) is 8.44. The van der Waals surface area contributed by atoms with Crippen molar-refractivity contribution in [3.8, 4) is 6.07 Å². The molecular formula is C10H16N2O2. The van der Waals surface area contributed by atoms with Gasteiger partial charge in [-0.25, -0.2) is 0 Å². The number of aliphatic carboxylic acids is 1. The predicted molar refractivity (Wildman–Crippen MR) is 51.6 cm³/mol. The van der Waals surface area contributed by atoms with Gasteiger partial charge in [0.1, 0.15) is 6.04 Å². The van der Waals surface area contributed by atoms with Gasteiger partial charge in [0, 0.05) is 6.42 Å². The van der Waals surface area contributed by atoms with Crippen molar-refractivity contribution >= 4 is 5.97 Å². The molecule has 0 amide bonds. The van der Waals surface area contributed by atoms with Gasteiger partial charge >= 0.3 is 5.97 Å². The van der Waals surface area contributed by atoms with Gasteiger partial charge in [0.2, 0.25) is 0 Å². The lowest BCUT2D eigenvalue weighted by Crippen LogP contribution is -2.43. The van der Waals surface area contributed by atoms with E-state index in [-0.39, 0.29) is 0 Å². The topological polar surface area (TPSA) is 64.3 Å². The SMILES string of the molecule is CC(C(=O)O)N1CCC(CC#N)CC1. The molecule has 0 saturated carbocycles. The van der Waals surface area contributed by atoms with Crippen LogP contribution in [-0.4, -0.2) is 35.1 Å². The Balaban J connectivity index is 2.36. The first-order valence-corrected chi connectivity index (χ1v) is 4.99. The smallest absolute Gasteiger partial charge is 0.320 e. The minimum Gasteiger partial charge on any atom is -0.480 e. The number of hydrogen-bond acceptors (Lipinski definition) is 3. The summed E-state index contributed by atoms with van der Waals surface area (Å²) in [5.74, 6) is -0.291. The lowest BCUT2D eigenvalue weighted by molar-refractivity contribution is -0.143. The average molecular weight is 196 g/mol. The van der Waals surface area contributed by atoms with E-state index < -0.39 is 12.0 Å². The van der Waals surface area contributed by atoms with Gasteiger partial charge in [-0.3, -0.25) is 9.69 Å². The number of carboxylic acid groups (broad SMARTS) is 1. The molecule has 0 spiro atoms. The Morgan fingerprint density at radius 1 is 1.64 bits per heavy atom. The van der Waals surface area contributed by atoms with Gasteiger partial charge in [-0.05, 0) is 38.8 Å². The molecule has 0 radical (unpaired) electrons. The maximum atomic E-state index is 10.7. The molecule has 1 heterocycles. The maximum Gasteiger partial charge on any atom is 0.320 e. The summed E-state index contributed by atoms with van der Waals surface area (Å²) in [6, 6.07) is 1.78. The van der Waals surface area contributed by atoms with E-state index in [1.165, 1.54) is 0 Å². The average Bonchev–Trinajstić information content (AvgIpc) is 2.18. The molecule has 1 rings (SSSR count). The number of piperidine rings is 1. The largest absolute Gasteiger partial charge is 0.480 e. The zero-order valence-corrected chi connectivity index (χ0v) is 8.44. The lowest BCUT2D eigenvalue weighted by atomic mass is 9.93. The fourth-order valence-electron chi connectivity index (χ4n) is 1.83. The second-order valence-corrected chi connectivity index (χ2v) is 3.86. The first-order chi connectivity index (χ1) is 6.65. The normalized spacial score (nSPS) is 21.4. The monoisotopic (exact) mass is 196 g/mol. The number of nitriles is 1. The Bertz CT molecular complexity index is 239. The zero-order chi connectivity index (χ0) is 10.6. The number of carbonyl (C=O) groups is 1. The van der Waals surface area contributed by atoms with Gasteiger partial charge in [-0.1, -0.05) is 0 Å². The number of rotatable bonds is 3. The van der Waals surface area contributed by atoms with Crippen molar-refractivity contribution < 1.29 is 9.90 Å². The van der Waals surface area contributed by atoms with Crippen molar-refractivity contribution in [3.63, 3.8) is 0 Å². The van der Waals surface area contributed by atoms with Gasteiger partial charge in [0.25, 0.3) is 0 Å². The molecule has 1 N–H and O–H groups in total. The number of carboxylic acids is 1. The minimum absolute atomic E-state index is 0.391. The third kappa shape index (κ3) is 2.71. The van der Waals surface area contributed by atoms with Crippen LogP contribution in [0, 0.1) is 17.2 Å². The fraction of sp³-hybridized carbons (Fsp3) is 0.800. The van der Waals surface area contributed by atoms with E-state index in [4.69, 9.17) is 10.4 Å². The molecule has 1 atom stereocenters. The second kappa shape index (κ2) is 4.97. The minimum atomic E-state index is -0.760. The third-order valence-corrected chi connectivity index (χ3v) is 2.93. The Hall–Kier alpha value is -1.08. The predicted octanol–water partition coefficient (Wildman–Crippen LogP) is 1.09. The Labute approximate surface area is 84.1 Å². The number of hydrogen-bond donors (Lipinski definition) is 1. The summed E-state index contributed by atoms with van der Waals surface area (Å²) in [6.07, 6.45) is 2.51. The highest BCUT2D eigenvalue weighted by Gasteiger charge is 2.25. The summed E-state index contributed by atoms with van der Waals surface area (Å²) in [7, 11) is 0. The van der Waals surface area contributed by atoms with E-state index in [1.807, 2.05) is 4.90 Å². The molecule has 0 aromatic heterocycles. The fourth-order valence-corrected chi connectivity index (χ4v) is 1.83. The number of likely N-dealkylation sites (tertiary alicyclic amines) is 1. The van der Waals surface area contributed by atoms with Crippen LogP contribution < -0.4 is 0 Å². The second-order valence-electron chi connectivity index (χ2n) is 3.86. The molecule has 1 aliphatic heterocycles. The van der Waals surface area contributed by atoms with Gasteiger partial charge < -0.3 is 5.11 Å². The summed E-state index contributed by atoms with van der Waals surface area (Å²) in [6.45, 7) is 3.33. The summed E-state index contributed by atoms with van der Waals surface area (Å²) >= 11 is 0. The van der Waals surface area contributed by atoms with Crippen LogP contribution in [0.3, 0.4) is 0 Å². The molecule has 0 aromatic carbocycles. The van der Waals surface area contributed by atoms with Crippen LogP contribution in [-0.2, 0) is 4.79 Å². The molecular weight excluding hydrogens is 180 g/mol. The summed E-state index contributed by atoms with van der Waals surface area (Å²) in [5, 5.41) is 17.3. The van der Waals surface area contributed by atoms with E-state index in [2.05, 4.69) is 6.07 Å². The van der Waals surface area contributed by atoms with Gasteiger partial charge in [-0.2, -0.15) is 5.26 Å². The summed E-state index contributed by atoms with van der Waals surface area (Å²) in [4.78, 5) is 12.7. The number of nitrogens with zero attached hydrogens (tertiary/aromatic N) is 2. The molecule has 4 heteroatoms. The van der Waals surface area contributed by atoms with Crippen molar-refractivity contribution in [1.29, 1.82) is 5.26 Å². The molecule has 0 aromatic rings. The molecule has 1 fully saturated rings. The van der Waals surface area contributed by atoms with Gasteiger partial charge in [0.15, 0.2) is 0 Å². The molecule has 0 bridgehead atoms. The Morgan fingerprint density at radius 2 is 2.21 bits per heavy atom. The highest BCUT2D eigenvalue weighted by molar-refractivity contribution is 5.72. The van der Waals surface area contributed by atoms with Gasteiger partial charge in [-0.15, -0.1) is 0 Å². The Kier molecular flexibility index (Phi) is 3.90. The van der Waals surface area contributed by atoms with E-state index in [0.29, 0.717) is 12.3 Å². The first kappa shape index (κ1) is 11.0. The van der Waals surface area contributed by atoms with Crippen LogP contribution in [0.2, 0.25) is 0 Å². The van der Waals surface area contributed by atoms with Crippen molar-refractivity contribution in [2.24, 2.45) is 5.92 Å². The van der Waals surface area contributed by atoms with Gasteiger partial charge in [0.05, 0.1) is 6.07 Å². The highest BCUT2D eigenvalue weighted by atomic mass is 16.4. The molecule has 1 saturated heterocycles. The van der Waals surface area contributed by atoms with Crippen molar-refractivity contribution in [2.45, 2.75) is 32.2 Å². The van der Waals surface area contributed by atoms with Crippen molar-refractivity contribution in [2.75, 3.05) is 13.1 Å². The van der Waals surface area contributed by atoms with Crippen LogP contribution in [0.1, 0.15) is 26.2 Å². The van der Waals surface area contributed by atoms with Crippen LogP contribution in [0.4, 0.5) is 0 Å². The van der Waals surface area contributed by atoms with Crippen LogP contribution >= 0.6 is 0 Å². The lowest BCUT2D eigenvalue weighted by Gasteiger charge is -2.33. The third-order valence-electron chi connectivity index (χ3n) is 2.93. The van der Waals surface area contributed by atoms with E-state index >= 15 is 0 Å². The Morgan fingerprint density at radius 3 is 2.64 bits per heavy atom. The standard InChI is InChI=1S/C10H16N2O2/c1-8(10(13)14)12-6-3-9(2-5-11)4-7-12/h8-9H,2-4,6-7H2,1H3,(H,13,14). The van der Waals surface area contributed by atoms with E-state index in [0.717, 1.165) is 25.9 Å². The molecule has 1 aliphatic rings. The molecule has 78 valence electrons. The molecule has 0 aliphatic carbocycles. The van der Waals surface area contributed by atoms with Crippen molar-refractivity contribution in [1.82, 2.24) is 4.90 Å². The molecule has 14 heavy (non-hydrogen) atoms. The maximum absolute atomic E-state index is 10.7. The quantitative estimate of drug-likeness (QED) is 0.733. The first-order valence-electron chi connectivity index (χ1n) is 4.99. The highest BCUT2D eigenvalue weighted by Crippen LogP contribution is 2.21. The van der Waals surface area contributed by atoms with Crippen LogP contribution in [0.15, 0.2) is 0 Å². The summed E-state index contributed by atoms with van der Waals surface area (Å²) < 4.78 is 0. The molecule has 4 nitrogen and oxygen atoms in total. The van der Waals surface area contributed by atoms with E-state index in [9.17, 15) is 4.79 Å². The van der Waals surface area contributed by atoms with Crippen LogP contribution in [0.5, 0.6) is 0 Å². The summed E-state index contributed by atoms with van der Waals surface area (Å²) in [5.41, 5.74) is 0.